The molecule has 0 fully saturated rings. The van der Waals surface area contributed by atoms with Crippen LogP contribution in [0, 0.1) is 0 Å². The summed E-state index contributed by atoms with van der Waals surface area (Å²) in [5.74, 6) is 1.50. The molecule has 134 valence electrons. The minimum absolute atomic E-state index is 0.0816. The van der Waals surface area contributed by atoms with E-state index in [2.05, 4.69) is 22.5 Å². The molecule has 5 heteroatoms. The molecule has 25 heavy (non-hydrogen) atoms. The van der Waals surface area contributed by atoms with Crippen LogP contribution in [-0.4, -0.2) is 31.1 Å². The second-order valence-electron chi connectivity index (χ2n) is 5.92. The largest absolute Gasteiger partial charge is 0.497 e. The zero-order valence-corrected chi connectivity index (χ0v) is 15.0. The van der Waals surface area contributed by atoms with E-state index in [0.717, 1.165) is 36.5 Å². The SMILES string of the molecule is CCCCCNc1cc(C(=O)NCCc2cccc(OC)c2)ccn1. The Kier molecular flexibility index (Phi) is 7.76. The highest BCUT2D eigenvalue weighted by Crippen LogP contribution is 2.13. The van der Waals surface area contributed by atoms with Crippen LogP contribution < -0.4 is 15.4 Å². The summed E-state index contributed by atoms with van der Waals surface area (Å²) in [7, 11) is 1.65. The number of unbranched alkanes of at least 4 members (excludes halogenated alkanes) is 2. The van der Waals surface area contributed by atoms with Crippen LogP contribution in [0.1, 0.15) is 42.1 Å². The van der Waals surface area contributed by atoms with Gasteiger partial charge < -0.3 is 15.4 Å². The van der Waals surface area contributed by atoms with Crippen molar-refractivity contribution in [3.63, 3.8) is 0 Å². The van der Waals surface area contributed by atoms with Gasteiger partial charge in [0.05, 0.1) is 7.11 Å². The quantitative estimate of drug-likeness (QED) is 0.647. The molecule has 5 nitrogen and oxygen atoms in total. The maximum Gasteiger partial charge on any atom is 0.251 e. The third-order valence-electron chi connectivity index (χ3n) is 3.94. The minimum Gasteiger partial charge on any atom is -0.497 e. The summed E-state index contributed by atoms with van der Waals surface area (Å²) in [6.07, 6.45) is 5.91. The van der Waals surface area contributed by atoms with Gasteiger partial charge in [0, 0.05) is 24.8 Å². The second-order valence-corrected chi connectivity index (χ2v) is 5.92. The van der Waals surface area contributed by atoms with Crippen molar-refractivity contribution in [1.29, 1.82) is 0 Å². The second kappa shape index (κ2) is 10.3. The van der Waals surface area contributed by atoms with Crippen LogP contribution >= 0.6 is 0 Å². The van der Waals surface area contributed by atoms with E-state index in [4.69, 9.17) is 4.74 Å². The molecule has 1 aromatic carbocycles. The number of anilines is 1. The predicted molar refractivity (Wildman–Crippen MR) is 101 cm³/mol. The number of rotatable bonds is 10. The van der Waals surface area contributed by atoms with Gasteiger partial charge in [-0.15, -0.1) is 0 Å². The van der Waals surface area contributed by atoms with E-state index < -0.39 is 0 Å². The molecule has 1 heterocycles. The van der Waals surface area contributed by atoms with Gasteiger partial charge in [-0.2, -0.15) is 0 Å². The van der Waals surface area contributed by atoms with E-state index in [1.807, 2.05) is 24.3 Å². The average molecular weight is 341 g/mol. The van der Waals surface area contributed by atoms with Crippen LogP contribution in [0.25, 0.3) is 0 Å². The molecule has 0 aliphatic heterocycles. The summed E-state index contributed by atoms with van der Waals surface area (Å²) in [5, 5.41) is 6.22. The Morgan fingerprint density at radius 1 is 1.16 bits per heavy atom. The van der Waals surface area contributed by atoms with Crippen LogP contribution in [0.2, 0.25) is 0 Å². The molecule has 0 unspecified atom stereocenters. The van der Waals surface area contributed by atoms with Crippen molar-refractivity contribution < 1.29 is 9.53 Å². The van der Waals surface area contributed by atoms with Gasteiger partial charge in [-0.25, -0.2) is 4.98 Å². The van der Waals surface area contributed by atoms with Crippen molar-refractivity contribution in [2.24, 2.45) is 0 Å². The molecule has 1 aromatic heterocycles. The number of hydrogen-bond acceptors (Lipinski definition) is 4. The van der Waals surface area contributed by atoms with Gasteiger partial charge in [0.1, 0.15) is 11.6 Å². The van der Waals surface area contributed by atoms with Crippen LogP contribution in [0.15, 0.2) is 42.6 Å². The maximum absolute atomic E-state index is 12.3. The van der Waals surface area contributed by atoms with Crippen LogP contribution in [-0.2, 0) is 6.42 Å². The number of benzene rings is 1. The van der Waals surface area contributed by atoms with Crippen molar-refractivity contribution in [3.8, 4) is 5.75 Å². The van der Waals surface area contributed by atoms with Gasteiger partial charge in [0.15, 0.2) is 0 Å². The van der Waals surface area contributed by atoms with E-state index in [9.17, 15) is 4.79 Å². The lowest BCUT2D eigenvalue weighted by atomic mass is 10.1. The first-order valence-corrected chi connectivity index (χ1v) is 8.84. The molecule has 0 atom stereocenters. The summed E-state index contributed by atoms with van der Waals surface area (Å²) in [6, 6.07) is 11.4. The van der Waals surface area contributed by atoms with Crippen molar-refractivity contribution in [3.05, 3.63) is 53.7 Å². The first-order chi connectivity index (χ1) is 12.2. The maximum atomic E-state index is 12.3. The summed E-state index contributed by atoms with van der Waals surface area (Å²) in [6.45, 7) is 3.63. The van der Waals surface area contributed by atoms with E-state index in [0.29, 0.717) is 12.1 Å². The highest BCUT2D eigenvalue weighted by Gasteiger charge is 2.06. The third kappa shape index (κ3) is 6.45. The number of ether oxygens (including phenoxy) is 1. The third-order valence-corrected chi connectivity index (χ3v) is 3.94. The molecule has 2 aromatic rings. The first-order valence-electron chi connectivity index (χ1n) is 8.84. The number of nitrogens with zero attached hydrogens (tertiary/aromatic N) is 1. The lowest BCUT2D eigenvalue weighted by molar-refractivity contribution is 0.0954. The topological polar surface area (TPSA) is 63.2 Å². The minimum atomic E-state index is -0.0816. The Labute approximate surface area is 149 Å². The number of carbonyl (C=O) groups excluding carboxylic acids is 1. The van der Waals surface area contributed by atoms with Crippen molar-refractivity contribution in [2.45, 2.75) is 32.6 Å². The fourth-order valence-corrected chi connectivity index (χ4v) is 2.51. The predicted octanol–water partition coefficient (Wildman–Crippen LogP) is 3.66. The molecular weight excluding hydrogens is 314 g/mol. The van der Waals surface area contributed by atoms with E-state index in [-0.39, 0.29) is 5.91 Å². The van der Waals surface area contributed by atoms with E-state index in [1.165, 1.54) is 12.8 Å². The van der Waals surface area contributed by atoms with Gasteiger partial charge in [-0.1, -0.05) is 31.9 Å². The van der Waals surface area contributed by atoms with Crippen molar-refractivity contribution in [1.82, 2.24) is 10.3 Å². The molecule has 2 rings (SSSR count). The first kappa shape index (κ1) is 18.8. The lowest BCUT2D eigenvalue weighted by Gasteiger charge is -2.09. The molecular formula is C20H27N3O2. The van der Waals surface area contributed by atoms with Gasteiger partial charge in [-0.3, -0.25) is 4.79 Å². The highest BCUT2D eigenvalue weighted by molar-refractivity contribution is 5.94. The lowest BCUT2D eigenvalue weighted by Crippen LogP contribution is -2.25. The number of aromatic nitrogens is 1. The van der Waals surface area contributed by atoms with Gasteiger partial charge in [0.25, 0.3) is 5.91 Å². The number of methoxy groups -OCH3 is 1. The van der Waals surface area contributed by atoms with Gasteiger partial charge in [-0.05, 0) is 42.7 Å². The summed E-state index contributed by atoms with van der Waals surface area (Å²) in [5.41, 5.74) is 1.76. The number of hydrogen-bond donors (Lipinski definition) is 2. The van der Waals surface area contributed by atoms with Crippen molar-refractivity contribution in [2.75, 3.05) is 25.5 Å². The number of carbonyl (C=O) groups is 1. The van der Waals surface area contributed by atoms with E-state index >= 15 is 0 Å². The summed E-state index contributed by atoms with van der Waals surface area (Å²) < 4.78 is 5.21. The molecule has 0 spiro atoms. The molecule has 0 aliphatic carbocycles. The Bertz CT molecular complexity index is 673. The van der Waals surface area contributed by atoms with Crippen LogP contribution in [0.4, 0.5) is 5.82 Å². The fourth-order valence-electron chi connectivity index (χ4n) is 2.51. The Balaban J connectivity index is 1.81. The van der Waals surface area contributed by atoms with Gasteiger partial charge in [0.2, 0.25) is 0 Å². The molecule has 0 aliphatic rings. The Morgan fingerprint density at radius 2 is 2.04 bits per heavy atom. The molecule has 0 radical (unpaired) electrons. The molecule has 0 bridgehead atoms. The number of nitrogens with one attached hydrogen (secondary N) is 2. The molecule has 0 saturated carbocycles. The summed E-state index contributed by atoms with van der Waals surface area (Å²) >= 11 is 0. The smallest absolute Gasteiger partial charge is 0.251 e. The zero-order chi connectivity index (χ0) is 17.9. The van der Waals surface area contributed by atoms with Gasteiger partial charge >= 0.3 is 0 Å². The number of pyridine rings is 1. The molecule has 0 saturated heterocycles. The van der Waals surface area contributed by atoms with E-state index in [1.54, 1.807) is 25.4 Å². The standard InChI is InChI=1S/C20H27N3O2/c1-3-4-5-11-21-19-15-17(10-13-22-19)20(24)23-12-9-16-7-6-8-18(14-16)25-2/h6-8,10,13-15H,3-5,9,11-12H2,1-2H3,(H,21,22)(H,23,24). The Hall–Kier alpha value is -2.56. The van der Waals surface area contributed by atoms with Crippen molar-refractivity contribution >= 4 is 11.7 Å². The monoisotopic (exact) mass is 341 g/mol. The number of amides is 1. The van der Waals surface area contributed by atoms with Crippen LogP contribution in [0.3, 0.4) is 0 Å². The zero-order valence-electron chi connectivity index (χ0n) is 15.0. The average Bonchev–Trinajstić information content (AvgIpc) is 2.65. The molecule has 1 amide bonds. The highest BCUT2D eigenvalue weighted by atomic mass is 16.5. The Morgan fingerprint density at radius 3 is 2.84 bits per heavy atom. The fraction of sp³-hybridized carbons (Fsp3) is 0.400. The van der Waals surface area contributed by atoms with Crippen LogP contribution in [0.5, 0.6) is 5.75 Å². The normalized spacial score (nSPS) is 10.3. The summed E-state index contributed by atoms with van der Waals surface area (Å²) in [4.78, 5) is 16.6. The molecule has 2 N–H and O–H groups in total.